The first-order valence-corrected chi connectivity index (χ1v) is 13.5. The molecule has 9 heteroatoms. The first-order valence-electron chi connectivity index (χ1n) is 13.1. The van der Waals surface area contributed by atoms with E-state index in [1.165, 1.54) is 24.2 Å². The monoisotopic (exact) mass is 529 g/mol. The number of halogens is 4. The third-order valence-corrected chi connectivity index (χ3v) is 6.77. The molecule has 1 saturated carbocycles. The van der Waals surface area contributed by atoms with Crippen molar-refractivity contribution in [3.05, 3.63) is 34.1 Å². The van der Waals surface area contributed by atoms with E-state index in [9.17, 15) is 22.8 Å². The average molecular weight is 530 g/mol. The predicted octanol–water partition coefficient (Wildman–Crippen LogP) is 7.94. The molecule has 0 bridgehead atoms. The number of aromatic nitrogens is 2. The van der Waals surface area contributed by atoms with Crippen LogP contribution in [0, 0.1) is 5.92 Å². The van der Waals surface area contributed by atoms with Crippen LogP contribution < -0.4 is 0 Å². The summed E-state index contributed by atoms with van der Waals surface area (Å²) in [6.07, 6.45) is 2.67. The zero-order chi connectivity index (χ0) is 27.0. The highest BCUT2D eigenvalue weighted by molar-refractivity contribution is 6.36. The van der Waals surface area contributed by atoms with Crippen LogP contribution in [0.1, 0.15) is 114 Å². The standard InChI is InChI=1S/C20H23ClF3N3O2.C7H16/c1-3-5-14(28)11-26(8-4-2)19(29)18-17(21)15-9-13(12-6-7-12)10-16(20(22,23)24)27(15)25-18;1-4-6-7(3)5-2/h9-10,12H,3-8,11H2,1-2H3;7H,4-6H2,1-3H3/t;7-/m.1/s1. The third kappa shape index (κ3) is 7.95. The summed E-state index contributed by atoms with van der Waals surface area (Å²) < 4.78 is 41.5. The average Bonchev–Trinajstić information content (AvgIpc) is 3.62. The van der Waals surface area contributed by atoms with Crippen LogP contribution in [0.3, 0.4) is 0 Å². The molecule has 36 heavy (non-hydrogen) atoms. The Balaban J connectivity index is 0.000000572. The SMILES string of the molecule is CCCC(=O)CN(CCC)C(=O)c1nn2c(C(F)(F)F)cc(C3CC3)cc2c1Cl.CCC[C@H](C)CC. The smallest absolute Gasteiger partial charge is 0.330 e. The van der Waals surface area contributed by atoms with Gasteiger partial charge in [0.2, 0.25) is 0 Å². The van der Waals surface area contributed by atoms with E-state index < -0.39 is 17.8 Å². The van der Waals surface area contributed by atoms with Crippen LogP contribution in [0.4, 0.5) is 13.2 Å². The van der Waals surface area contributed by atoms with Gasteiger partial charge in [-0.3, -0.25) is 9.59 Å². The van der Waals surface area contributed by atoms with Crippen LogP contribution in [-0.4, -0.2) is 39.3 Å². The fraction of sp³-hybridized carbons (Fsp3) is 0.667. The summed E-state index contributed by atoms with van der Waals surface area (Å²) in [7, 11) is 0. The second kappa shape index (κ2) is 13.5. The van der Waals surface area contributed by atoms with E-state index in [4.69, 9.17) is 11.6 Å². The molecule has 5 nitrogen and oxygen atoms in total. The van der Waals surface area contributed by atoms with Gasteiger partial charge in [-0.25, -0.2) is 4.52 Å². The molecule has 0 unspecified atom stereocenters. The summed E-state index contributed by atoms with van der Waals surface area (Å²) >= 11 is 6.33. The van der Waals surface area contributed by atoms with Gasteiger partial charge >= 0.3 is 6.18 Å². The number of nitrogens with zero attached hydrogens (tertiary/aromatic N) is 3. The van der Waals surface area contributed by atoms with Crippen LogP contribution >= 0.6 is 11.6 Å². The van der Waals surface area contributed by atoms with Gasteiger partial charge in [-0.05, 0) is 55.2 Å². The van der Waals surface area contributed by atoms with Gasteiger partial charge in [-0.15, -0.1) is 0 Å². The largest absolute Gasteiger partial charge is 0.433 e. The van der Waals surface area contributed by atoms with Gasteiger partial charge in [-0.1, -0.05) is 65.5 Å². The van der Waals surface area contributed by atoms with Gasteiger partial charge in [0.1, 0.15) is 5.69 Å². The number of ketones is 1. The normalized spacial score (nSPS) is 14.4. The molecule has 0 saturated heterocycles. The van der Waals surface area contributed by atoms with Gasteiger partial charge in [0, 0.05) is 13.0 Å². The van der Waals surface area contributed by atoms with Gasteiger partial charge in [0.05, 0.1) is 17.1 Å². The van der Waals surface area contributed by atoms with Crippen molar-refractivity contribution in [2.24, 2.45) is 5.92 Å². The maximum Gasteiger partial charge on any atom is 0.433 e. The molecule has 1 aliphatic carbocycles. The lowest BCUT2D eigenvalue weighted by atomic mass is 10.0. The molecule has 0 aromatic carbocycles. The number of hydrogen-bond acceptors (Lipinski definition) is 3. The Hall–Kier alpha value is -2.09. The molecule has 1 atom stereocenters. The summed E-state index contributed by atoms with van der Waals surface area (Å²) in [5.41, 5.74) is -0.609. The van der Waals surface area contributed by atoms with Crippen LogP contribution in [0.15, 0.2) is 12.1 Å². The van der Waals surface area contributed by atoms with E-state index in [-0.39, 0.29) is 41.0 Å². The van der Waals surface area contributed by atoms with Gasteiger partial charge < -0.3 is 4.90 Å². The number of alkyl halides is 3. The van der Waals surface area contributed by atoms with Crippen molar-refractivity contribution in [1.29, 1.82) is 0 Å². The fourth-order valence-corrected chi connectivity index (χ4v) is 4.32. The number of amides is 1. The van der Waals surface area contributed by atoms with Gasteiger partial charge in [-0.2, -0.15) is 18.3 Å². The fourth-order valence-electron chi connectivity index (χ4n) is 4.07. The molecule has 202 valence electrons. The molecule has 1 fully saturated rings. The van der Waals surface area contributed by atoms with Crippen LogP contribution in [-0.2, 0) is 11.0 Å². The number of carbonyl (C=O) groups is 2. The zero-order valence-electron chi connectivity index (χ0n) is 22.1. The zero-order valence-corrected chi connectivity index (χ0v) is 22.8. The molecule has 2 aromatic rings. The van der Waals surface area contributed by atoms with E-state index in [2.05, 4.69) is 25.9 Å². The van der Waals surface area contributed by atoms with E-state index in [0.29, 0.717) is 29.3 Å². The minimum absolute atomic E-state index is 0.0584. The quantitative estimate of drug-likeness (QED) is 0.297. The first-order chi connectivity index (χ1) is 17.0. The Morgan fingerprint density at radius 2 is 1.81 bits per heavy atom. The van der Waals surface area contributed by atoms with Crippen molar-refractivity contribution in [3.8, 4) is 0 Å². The van der Waals surface area contributed by atoms with Crippen molar-refractivity contribution < 1.29 is 22.8 Å². The Morgan fingerprint density at radius 3 is 2.28 bits per heavy atom. The summed E-state index contributed by atoms with van der Waals surface area (Å²) in [5, 5.41) is 3.80. The topological polar surface area (TPSA) is 54.7 Å². The summed E-state index contributed by atoms with van der Waals surface area (Å²) in [4.78, 5) is 26.3. The summed E-state index contributed by atoms with van der Waals surface area (Å²) in [6.45, 7) is 10.7. The number of carbonyl (C=O) groups excluding carboxylic acids is 2. The maximum absolute atomic E-state index is 13.6. The molecular weight excluding hydrogens is 491 g/mol. The van der Waals surface area contributed by atoms with Crippen molar-refractivity contribution in [1.82, 2.24) is 14.5 Å². The summed E-state index contributed by atoms with van der Waals surface area (Å²) in [5.74, 6) is 0.284. The van der Waals surface area contributed by atoms with Crippen LogP contribution in [0.5, 0.6) is 0 Å². The molecule has 1 aliphatic rings. The molecule has 2 aromatic heterocycles. The second-order valence-electron chi connectivity index (χ2n) is 9.72. The predicted molar refractivity (Wildman–Crippen MR) is 138 cm³/mol. The second-order valence-corrected chi connectivity index (χ2v) is 10.1. The Labute approximate surface area is 217 Å². The highest BCUT2D eigenvalue weighted by Crippen LogP contribution is 2.43. The molecule has 0 aliphatic heterocycles. The molecule has 0 spiro atoms. The van der Waals surface area contributed by atoms with Gasteiger partial charge in [0.15, 0.2) is 11.5 Å². The van der Waals surface area contributed by atoms with Crippen molar-refractivity contribution in [3.63, 3.8) is 0 Å². The maximum atomic E-state index is 13.6. The highest BCUT2D eigenvalue weighted by Gasteiger charge is 2.38. The number of rotatable bonds is 11. The minimum Gasteiger partial charge on any atom is -0.330 e. The molecule has 0 N–H and O–H groups in total. The molecule has 1 amide bonds. The Bertz CT molecular complexity index is 1030. The highest BCUT2D eigenvalue weighted by atomic mass is 35.5. The number of hydrogen-bond donors (Lipinski definition) is 0. The van der Waals surface area contributed by atoms with Crippen molar-refractivity contribution in [2.75, 3.05) is 13.1 Å². The van der Waals surface area contributed by atoms with Crippen molar-refractivity contribution >= 4 is 28.8 Å². The van der Waals surface area contributed by atoms with Crippen LogP contribution in [0.2, 0.25) is 5.02 Å². The summed E-state index contributed by atoms with van der Waals surface area (Å²) in [6, 6.07) is 2.66. The van der Waals surface area contributed by atoms with E-state index in [0.717, 1.165) is 24.8 Å². The lowest BCUT2D eigenvalue weighted by Crippen LogP contribution is -2.36. The molecular formula is C27H39ClF3N3O2. The Kier molecular flexibility index (Phi) is 11.3. The number of fused-ring (bicyclic) bond motifs is 1. The molecule has 3 rings (SSSR count). The lowest BCUT2D eigenvalue weighted by molar-refractivity contribution is -0.142. The third-order valence-electron chi connectivity index (χ3n) is 6.39. The lowest BCUT2D eigenvalue weighted by Gasteiger charge is -2.20. The molecule has 0 radical (unpaired) electrons. The first kappa shape index (κ1) is 30.1. The van der Waals surface area contributed by atoms with E-state index in [1.807, 2.05) is 13.8 Å². The van der Waals surface area contributed by atoms with Crippen molar-refractivity contribution in [2.45, 2.75) is 98.1 Å². The number of pyridine rings is 1. The minimum atomic E-state index is -4.64. The Morgan fingerprint density at radius 1 is 1.14 bits per heavy atom. The van der Waals surface area contributed by atoms with Crippen LogP contribution in [0.25, 0.3) is 5.52 Å². The van der Waals surface area contributed by atoms with Gasteiger partial charge in [0.25, 0.3) is 5.91 Å². The van der Waals surface area contributed by atoms with E-state index in [1.54, 1.807) is 6.07 Å². The number of Topliss-reactive ketones (excluding diaryl/α,β-unsaturated/α-hetero) is 1. The van der Waals surface area contributed by atoms with E-state index >= 15 is 0 Å². The molecule has 2 heterocycles.